The van der Waals surface area contributed by atoms with Crippen LogP contribution in [0.4, 0.5) is 5.82 Å². The van der Waals surface area contributed by atoms with Crippen LogP contribution in [0.15, 0.2) is 18.3 Å². The molecule has 0 atom stereocenters. The molecular weight excluding hydrogens is 238 g/mol. The highest BCUT2D eigenvalue weighted by molar-refractivity contribution is 5.99. The Morgan fingerprint density at radius 2 is 2.11 bits per heavy atom. The standard InChI is InChI=1S/C11H13N3O4/c1-7(15)12-6-4-9(16)14-10-8(11(17)18)3-2-5-13-10/h2-3,5H,4,6H2,1H3,(H,12,15)(H,17,18)(H,13,14,16). The molecule has 1 heterocycles. The van der Waals surface area contributed by atoms with Gasteiger partial charge in [0.15, 0.2) is 0 Å². The fraction of sp³-hybridized carbons (Fsp3) is 0.273. The van der Waals surface area contributed by atoms with Crippen LogP contribution in [0.2, 0.25) is 0 Å². The van der Waals surface area contributed by atoms with Crippen molar-refractivity contribution in [3.8, 4) is 0 Å². The number of carbonyl (C=O) groups is 3. The van der Waals surface area contributed by atoms with Gasteiger partial charge in [-0.3, -0.25) is 9.59 Å². The largest absolute Gasteiger partial charge is 0.478 e. The molecule has 0 aliphatic rings. The summed E-state index contributed by atoms with van der Waals surface area (Å²) < 4.78 is 0. The van der Waals surface area contributed by atoms with Crippen LogP contribution >= 0.6 is 0 Å². The van der Waals surface area contributed by atoms with Crippen molar-refractivity contribution in [3.05, 3.63) is 23.9 Å². The first kappa shape index (κ1) is 13.6. The lowest BCUT2D eigenvalue weighted by Crippen LogP contribution is -2.25. The van der Waals surface area contributed by atoms with Crippen LogP contribution in [0.25, 0.3) is 0 Å². The second kappa shape index (κ2) is 6.33. The van der Waals surface area contributed by atoms with Crippen molar-refractivity contribution in [3.63, 3.8) is 0 Å². The van der Waals surface area contributed by atoms with E-state index >= 15 is 0 Å². The van der Waals surface area contributed by atoms with Crippen LogP contribution in [0.3, 0.4) is 0 Å². The minimum Gasteiger partial charge on any atom is -0.478 e. The van der Waals surface area contributed by atoms with Crippen molar-refractivity contribution in [2.24, 2.45) is 0 Å². The van der Waals surface area contributed by atoms with Gasteiger partial charge in [0.05, 0.1) is 0 Å². The van der Waals surface area contributed by atoms with Crippen molar-refractivity contribution >= 4 is 23.6 Å². The number of pyridine rings is 1. The predicted molar refractivity (Wildman–Crippen MR) is 63.1 cm³/mol. The lowest BCUT2D eigenvalue weighted by Gasteiger charge is -2.07. The molecule has 0 aromatic carbocycles. The predicted octanol–water partition coefficient (Wildman–Crippen LogP) is 0.244. The highest BCUT2D eigenvalue weighted by Gasteiger charge is 2.12. The molecule has 0 spiro atoms. The van der Waals surface area contributed by atoms with E-state index in [-0.39, 0.29) is 30.3 Å². The zero-order valence-electron chi connectivity index (χ0n) is 9.77. The van der Waals surface area contributed by atoms with Gasteiger partial charge >= 0.3 is 5.97 Å². The number of carboxylic acids is 1. The van der Waals surface area contributed by atoms with Crippen LogP contribution < -0.4 is 10.6 Å². The topological polar surface area (TPSA) is 108 Å². The van der Waals surface area contributed by atoms with Gasteiger partial charge < -0.3 is 15.7 Å². The number of aromatic nitrogens is 1. The molecule has 18 heavy (non-hydrogen) atoms. The Labute approximate surface area is 103 Å². The van der Waals surface area contributed by atoms with E-state index in [2.05, 4.69) is 15.6 Å². The number of hydrogen-bond acceptors (Lipinski definition) is 4. The third-order valence-electron chi connectivity index (χ3n) is 2.02. The second-order valence-electron chi connectivity index (χ2n) is 3.49. The monoisotopic (exact) mass is 251 g/mol. The van der Waals surface area contributed by atoms with Crippen molar-refractivity contribution in [1.82, 2.24) is 10.3 Å². The summed E-state index contributed by atoms with van der Waals surface area (Å²) in [7, 11) is 0. The number of aromatic carboxylic acids is 1. The van der Waals surface area contributed by atoms with Crippen molar-refractivity contribution in [1.29, 1.82) is 0 Å². The van der Waals surface area contributed by atoms with Crippen LogP contribution in [0.5, 0.6) is 0 Å². The molecule has 0 radical (unpaired) electrons. The third-order valence-corrected chi connectivity index (χ3v) is 2.02. The van der Waals surface area contributed by atoms with Crippen LogP contribution in [0.1, 0.15) is 23.7 Å². The van der Waals surface area contributed by atoms with E-state index in [0.29, 0.717) is 0 Å². The van der Waals surface area contributed by atoms with E-state index in [1.807, 2.05) is 0 Å². The number of carboxylic acid groups (broad SMARTS) is 1. The molecule has 1 aromatic rings. The maximum atomic E-state index is 11.5. The first-order chi connectivity index (χ1) is 8.50. The Hall–Kier alpha value is -2.44. The molecule has 0 bridgehead atoms. The Kier molecular flexibility index (Phi) is 4.79. The van der Waals surface area contributed by atoms with E-state index in [1.165, 1.54) is 25.3 Å². The molecule has 0 fully saturated rings. The summed E-state index contributed by atoms with van der Waals surface area (Å²) in [5.41, 5.74) is -0.0784. The van der Waals surface area contributed by atoms with Gasteiger partial charge in [0.25, 0.3) is 0 Å². The second-order valence-corrected chi connectivity index (χ2v) is 3.49. The van der Waals surface area contributed by atoms with Gasteiger partial charge in [0.1, 0.15) is 11.4 Å². The number of amides is 2. The molecule has 3 N–H and O–H groups in total. The summed E-state index contributed by atoms with van der Waals surface area (Å²) in [4.78, 5) is 36.7. The lowest BCUT2D eigenvalue weighted by atomic mass is 10.2. The van der Waals surface area contributed by atoms with E-state index in [9.17, 15) is 14.4 Å². The average molecular weight is 251 g/mol. The SMILES string of the molecule is CC(=O)NCCC(=O)Nc1ncccc1C(=O)O. The number of anilines is 1. The fourth-order valence-corrected chi connectivity index (χ4v) is 1.22. The van der Waals surface area contributed by atoms with E-state index in [4.69, 9.17) is 5.11 Å². The Bertz CT molecular complexity index is 473. The smallest absolute Gasteiger partial charge is 0.339 e. The third kappa shape index (κ3) is 4.20. The summed E-state index contributed by atoms with van der Waals surface area (Å²) in [6, 6.07) is 2.81. The van der Waals surface area contributed by atoms with Gasteiger partial charge in [-0.05, 0) is 12.1 Å². The highest BCUT2D eigenvalue weighted by atomic mass is 16.4. The molecule has 2 amide bonds. The van der Waals surface area contributed by atoms with Crippen LogP contribution in [0, 0.1) is 0 Å². The minimum absolute atomic E-state index is 0.00201. The molecule has 0 saturated heterocycles. The van der Waals surface area contributed by atoms with E-state index < -0.39 is 11.9 Å². The molecule has 7 nitrogen and oxygen atoms in total. The zero-order chi connectivity index (χ0) is 13.5. The van der Waals surface area contributed by atoms with Crippen molar-refractivity contribution < 1.29 is 19.5 Å². The van der Waals surface area contributed by atoms with E-state index in [1.54, 1.807) is 0 Å². The first-order valence-corrected chi connectivity index (χ1v) is 5.23. The van der Waals surface area contributed by atoms with Crippen LogP contribution in [-0.4, -0.2) is 34.4 Å². The summed E-state index contributed by atoms with van der Waals surface area (Å²) >= 11 is 0. The number of hydrogen-bond donors (Lipinski definition) is 3. The summed E-state index contributed by atoms with van der Waals surface area (Å²) in [5.74, 6) is -1.81. The number of nitrogens with one attached hydrogen (secondary N) is 2. The van der Waals surface area contributed by atoms with Gasteiger partial charge in [-0.15, -0.1) is 0 Å². The maximum absolute atomic E-state index is 11.5. The van der Waals surface area contributed by atoms with Crippen LogP contribution in [-0.2, 0) is 9.59 Å². The Morgan fingerprint density at radius 3 is 2.72 bits per heavy atom. The average Bonchev–Trinajstić information content (AvgIpc) is 2.28. The molecule has 1 rings (SSSR count). The van der Waals surface area contributed by atoms with Gasteiger partial charge in [-0.1, -0.05) is 0 Å². The maximum Gasteiger partial charge on any atom is 0.339 e. The Balaban J connectivity index is 2.59. The molecule has 0 aliphatic carbocycles. The molecule has 7 heteroatoms. The molecule has 0 aliphatic heterocycles. The molecule has 1 aromatic heterocycles. The first-order valence-electron chi connectivity index (χ1n) is 5.23. The Morgan fingerprint density at radius 1 is 1.39 bits per heavy atom. The van der Waals surface area contributed by atoms with Gasteiger partial charge in [0, 0.05) is 26.1 Å². The van der Waals surface area contributed by atoms with Crippen molar-refractivity contribution in [2.75, 3.05) is 11.9 Å². The summed E-state index contributed by atoms with van der Waals surface area (Å²) in [6.07, 6.45) is 1.44. The quantitative estimate of drug-likeness (QED) is 0.694. The van der Waals surface area contributed by atoms with Gasteiger partial charge in [-0.25, -0.2) is 9.78 Å². The van der Waals surface area contributed by atoms with Crippen molar-refractivity contribution in [2.45, 2.75) is 13.3 Å². The summed E-state index contributed by atoms with van der Waals surface area (Å²) in [5, 5.41) is 13.7. The lowest BCUT2D eigenvalue weighted by molar-refractivity contribution is -0.119. The molecule has 96 valence electrons. The number of nitrogens with zero attached hydrogens (tertiary/aromatic N) is 1. The minimum atomic E-state index is -1.17. The normalized spacial score (nSPS) is 9.61. The van der Waals surface area contributed by atoms with Gasteiger partial charge in [-0.2, -0.15) is 0 Å². The van der Waals surface area contributed by atoms with E-state index in [0.717, 1.165) is 0 Å². The number of rotatable bonds is 5. The highest BCUT2D eigenvalue weighted by Crippen LogP contribution is 2.11. The number of carbonyl (C=O) groups excluding carboxylic acids is 2. The molecule has 0 saturated carbocycles. The van der Waals surface area contributed by atoms with Gasteiger partial charge in [0.2, 0.25) is 11.8 Å². The summed E-state index contributed by atoms with van der Waals surface area (Å²) in [6.45, 7) is 1.54. The fourth-order valence-electron chi connectivity index (χ4n) is 1.22. The molecule has 0 unspecified atom stereocenters. The zero-order valence-corrected chi connectivity index (χ0v) is 9.77. The molecular formula is C11H13N3O4.